The molecule has 2 N–H and O–H groups in total. The quantitative estimate of drug-likeness (QED) is 0.342. The molecule has 0 unspecified atom stereocenters. The third kappa shape index (κ3) is 5.29. The van der Waals surface area contributed by atoms with E-state index in [9.17, 15) is 8.42 Å². The first-order chi connectivity index (χ1) is 18.3. The number of nitrogen functional groups attached to an aromatic ring is 1. The minimum absolute atomic E-state index is 0.326. The second-order valence-corrected chi connectivity index (χ2v) is 10.6. The summed E-state index contributed by atoms with van der Waals surface area (Å²) in [7, 11) is 1.46. The fourth-order valence-electron chi connectivity index (χ4n) is 4.15. The highest BCUT2D eigenvalue weighted by molar-refractivity contribution is 7.89. The van der Waals surface area contributed by atoms with Crippen LogP contribution < -0.4 is 15.4 Å². The van der Waals surface area contributed by atoms with E-state index in [-0.39, 0.29) is 0 Å². The van der Waals surface area contributed by atoms with Gasteiger partial charge in [0.2, 0.25) is 10.0 Å². The molecule has 0 aliphatic carbocycles. The van der Waals surface area contributed by atoms with Crippen LogP contribution in [0.5, 0.6) is 5.75 Å². The summed E-state index contributed by atoms with van der Waals surface area (Å²) >= 11 is 0. The van der Waals surface area contributed by atoms with E-state index < -0.39 is 17.0 Å². The fraction of sp³-hybridized carbons (Fsp3) is 0.308. The minimum atomic E-state index is -3.51. The van der Waals surface area contributed by atoms with Crippen molar-refractivity contribution in [1.29, 1.82) is 0 Å². The van der Waals surface area contributed by atoms with E-state index in [1.54, 1.807) is 44.8 Å². The Morgan fingerprint density at radius 3 is 2.67 bits per heavy atom. The molecule has 0 fully saturated rings. The second-order valence-electron chi connectivity index (χ2n) is 8.72. The number of fused-ring (bicyclic) bond motifs is 1. The zero-order valence-corrected chi connectivity index (χ0v) is 21.6. The Hall–Kier alpha value is -3.63. The maximum absolute atomic E-state index is 12.4. The lowest BCUT2D eigenvalue weighted by Crippen LogP contribution is -2.29. The summed E-state index contributed by atoms with van der Waals surface area (Å²) in [5, 5.41) is 0.769. The summed E-state index contributed by atoms with van der Waals surface area (Å²) < 4.78 is 54.2. The van der Waals surface area contributed by atoms with Gasteiger partial charge in [-0.25, -0.2) is 22.4 Å². The van der Waals surface area contributed by atoms with Gasteiger partial charge in [-0.15, -0.1) is 0 Å². The van der Waals surface area contributed by atoms with Crippen molar-refractivity contribution in [3.8, 4) is 17.0 Å². The number of rotatable bonds is 9. The van der Waals surface area contributed by atoms with E-state index in [1.807, 2.05) is 36.2 Å². The van der Waals surface area contributed by atoms with Crippen LogP contribution in [0.25, 0.3) is 22.2 Å². The van der Waals surface area contributed by atoms with Gasteiger partial charge in [0.05, 0.1) is 36.0 Å². The second kappa shape index (κ2) is 10.2. The highest BCUT2D eigenvalue weighted by atomic mass is 32.2. The molecule has 4 aromatic rings. The molecule has 2 aromatic heterocycles. The van der Waals surface area contributed by atoms with Gasteiger partial charge in [0.25, 0.3) is 0 Å². The van der Waals surface area contributed by atoms with Crippen LogP contribution in [0, 0.1) is 0 Å². The smallest absolute Gasteiger partial charge is 0.236 e. The van der Waals surface area contributed by atoms with Crippen molar-refractivity contribution >= 4 is 32.3 Å². The van der Waals surface area contributed by atoms with Crippen molar-refractivity contribution in [2.24, 2.45) is 0 Å². The Morgan fingerprint density at radius 2 is 1.94 bits per heavy atom. The third-order valence-corrected chi connectivity index (χ3v) is 6.99. The lowest BCUT2D eigenvalue weighted by Gasteiger charge is -2.24. The molecule has 0 aliphatic rings. The Balaban J connectivity index is 1.63. The molecule has 0 saturated carbocycles. The van der Waals surface area contributed by atoms with Crippen LogP contribution in [0.2, 0.25) is 0 Å². The lowest BCUT2D eigenvalue weighted by molar-refractivity contribution is 0.409. The number of hydrogen-bond acceptors (Lipinski definition) is 8. The maximum atomic E-state index is 12.4. The van der Waals surface area contributed by atoms with Gasteiger partial charge in [0, 0.05) is 65.6 Å². The van der Waals surface area contributed by atoms with E-state index in [1.165, 1.54) is 8.87 Å². The van der Waals surface area contributed by atoms with Gasteiger partial charge in [-0.1, -0.05) is 18.2 Å². The number of anilines is 2. The van der Waals surface area contributed by atoms with Gasteiger partial charge in [0.1, 0.15) is 11.6 Å². The van der Waals surface area contributed by atoms with Crippen molar-refractivity contribution in [2.45, 2.75) is 6.42 Å². The summed E-state index contributed by atoms with van der Waals surface area (Å²) in [4.78, 5) is 12.4. The number of nitrogens with two attached hydrogens (primary N) is 1. The molecule has 0 radical (unpaired) electrons. The Morgan fingerprint density at radius 1 is 1.17 bits per heavy atom. The van der Waals surface area contributed by atoms with Crippen molar-refractivity contribution in [2.75, 3.05) is 58.2 Å². The van der Waals surface area contributed by atoms with Gasteiger partial charge < -0.3 is 20.3 Å². The molecule has 0 bridgehead atoms. The van der Waals surface area contributed by atoms with Crippen LogP contribution in [0.4, 0.5) is 11.4 Å². The summed E-state index contributed by atoms with van der Waals surface area (Å²) in [5.41, 5.74) is 10.3. The highest BCUT2D eigenvalue weighted by Crippen LogP contribution is 2.34. The largest absolute Gasteiger partial charge is 0.496 e. The third-order valence-electron chi connectivity index (χ3n) is 5.98. The van der Waals surface area contributed by atoms with E-state index in [2.05, 4.69) is 4.98 Å². The molecule has 0 atom stereocenters. The Kier molecular flexibility index (Phi) is 6.11. The molecule has 190 valence electrons. The molecule has 0 amide bonds. The normalized spacial score (nSPS) is 13.4. The average Bonchev–Trinajstić information content (AvgIpc) is 3.27. The van der Waals surface area contributed by atoms with Gasteiger partial charge in [-0.3, -0.25) is 0 Å². The number of ether oxygens (including phenoxy) is 1. The molecule has 9 nitrogen and oxygen atoms in total. The topological polar surface area (TPSA) is 107 Å². The lowest BCUT2D eigenvalue weighted by atomic mass is 10.1. The first kappa shape index (κ1) is 21.6. The summed E-state index contributed by atoms with van der Waals surface area (Å²) in [6, 6.07) is 12.7. The minimum Gasteiger partial charge on any atom is -0.496 e. The Labute approximate surface area is 216 Å². The summed E-state index contributed by atoms with van der Waals surface area (Å²) in [6.07, 6.45) is 4.72. The molecular formula is C26H32N6O3S. The molecule has 0 spiro atoms. The molecule has 0 aliphatic heterocycles. The van der Waals surface area contributed by atoms with Crippen LogP contribution in [-0.4, -0.2) is 74.8 Å². The van der Waals surface area contributed by atoms with Crippen LogP contribution in [-0.2, 0) is 16.4 Å². The number of benzene rings is 2. The number of likely N-dealkylation sites (N-methyl/N-ethyl adjacent to an activating group) is 2. The Bertz CT molecular complexity index is 1600. The molecule has 0 saturated heterocycles. The molecule has 36 heavy (non-hydrogen) atoms. The number of para-hydroxylation sites is 1. The molecule has 2 heterocycles. The predicted molar refractivity (Wildman–Crippen MR) is 145 cm³/mol. The van der Waals surface area contributed by atoms with E-state index in [0.29, 0.717) is 53.5 Å². The zero-order valence-electron chi connectivity index (χ0n) is 23.8. The van der Waals surface area contributed by atoms with Crippen molar-refractivity contribution in [3.63, 3.8) is 0 Å². The van der Waals surface area contributed by atoms with Crippen molar-refractivity contribution in [3.05, 3.63) is 66.2 Å². The van der Waals surface area contributed by atoms with Gasteiger partial charge in [0.15, 0.2) is 0 Å². The first-order valence-electron chi connectivity index (χ1n) is 12.8. The highest BCUT2D eigenvalue weighted by Gasteiger charge is 2.18. The SMILES string of the molecule is [2H]C([2H])([2H])N(C)CCN(C)c1cc(OC)c(Cc2nccc(-c3cn(S(C)(=O)=O)c4ccccc34)n2)cc1N. The van der Waals surface area contributed by atoms with Crippen molar-refractivity contribution < 1.29 is 17.3 Å². The van der Waals surface area contributed by atoms with Gasteiger partial charge in [-0.2, -0.15) is 0 Å². The van der Waals surface area contributed by atoms with Crippen LogP contribution in [0.3, 0.4) is 0 Å². The molecule has 2 aromatic carbocycles. The molecule has 10 heteroatoms. The van der Waals surface area contributed by atoms with Crippen molar-refractivity contribution in [1.82, 2.24) is 18.8 Å². The number of methoxy groups -OCH3 is 1. The van der Waals surface area contributed by atoms with E-state index >= 15 is 0 Å². The number of nitrogens with zero attached hydrogens (tertiary/aromatic N) is 5. The number of hydrogen-bond donors (Lipinski definition) is 1. The van der Waals surface area contributed by atoms with Crippen LogP contribution in [0.1, 0.15) is 15.5 Å². The first-order valence-corrected chi connectivity index (χ1v) is 13.2. The molecule has 4 rings (SSSR count). The fourth-order valence-corrected chi connectivity index (χ4v) is 4.96. The van der Waals surface area contributed by atoms with E-state index in [0.717, 1.165) is 22.9 Å². The summed E-state index contributed by atoms with van der Waals surface area (Å²) in [5.74, 6) is 1.11. The maximum Gasteiger partial charge on any atom is 0.236 e. The standard InChI is InChI=1S/C26H32N6O3S/c1-30(2)12-13-31(3)24-16-25(35-4)18(14-21(24)27)15-26-28-11-10-22(29-26)20-17-32(36(5,33)34)23-9-7-6-8-19(20)23/h6-11,14,16-17H,12-13,15,27H2,1-5H3/i1D3. The summed E-state index contributed by atoms with van der Waals surface area (Å²) in [6.45, 7) is -1.39. The zero-order chi connectivity index (χ0) is 28.5. The molecular weight excluding hydrogens is 476 g/mol. The predicted octanol–water partition coefficient (Wildman–Crippen LogP) is 3.09. The van der Waals surface area contributed by atoms with Gasteiger partial charge >= 0.3 is 0 Å². The number of aromatic nitrogens is 3. The van der Waals surface area contributed by atoms with E-state index in [4.69, 9.17) is 19.6 Å². The average molecular weight is 512 g/mol. The van der Waals surface area contributed by atoms with Gasteiger partial charge in [-0.05, 0) is 32.2 Å². The van der Waals surface area contributed by atoms with Crippen LogP contribution in [0.15, 0.2) is 54.9 Å². The monoisotopic (exact) mass is 511 g/mol. The van der Waals surface area contributed by atoms with Crippen LogP contribution >= 0.6 is 0 Å².